The number of nitrogens with one attached hydrogen (secondary N) is 1. The molecule has 0 spiro atoms. The highest BCUT2D eigenvalue weighted by atomic mass is 19.1. The standard InChI is InChI=1S/C16H18FN3O/c17-14-3-1-13(2-4-14)15-5-6-16(21)20(19-15)11-12-7-9-18-10-8-12/h1-6,12,18H,7-11H2. The van der Waals surface area contributed by atoms with Crippen LogP contribution in [0.1, 0.15) is 12.8 Å². The third-order valence-corrected chi connectivity index (χ3v) is 3.90. The largest absolute Gasteiger partial charge is 0.317 e. The Hall–Kier alpha value is -2.01. The van der Waals surface area contributed by atoms with Crippen LogP contribution in [0.15, 0.2) is 41.2 Å². The molecule has 0 saturated carbocycles. The average Bonchev–Trinajstić information content (AvgIpc) is 2.51. The van der Waals surface area contributed by atoms with E-state index in [1.165, 1.54) is 22.9 Å². The molecule has 1 fully saturated rings. The fourth-order valence-electron chi connectivity index (χ4n) is 2.66. The van der Waals surface area contributed by atoms with Gasteiger partial charge in [-0.3, -0.25) is 4.79 Å². The fourth-order valence-corrected chi connectivity index (χ4v) is 2.66. The van der Waals surface area contributed by atoms with Crippen LogP contribution in [0.5, 0.6) is 0 Å². The monoisotopic (exact) mass is 287 g/mol. The third-order valence-electron chi connectivity index (χ3n) is 3.90. The minimum Gasteiger partial charge on any atom is -0.317 e. The van der Waals surface area contributed by atoms with E-state index in [4.69, 9.17) is 0 Å². The van der Waals surface area contributed by atoms with E-state index in [0.717, 1.165) is 31.5 Å². The van der Waals surface area contributed by atoms with Crippen molar-refractivity contribution < 1.29 is 4.39 Å². The molecule has 0 radical (unpaired) electrons. The van der Waals surface area contributed by atoms with Gasteiger partial charge < -0.3 is 5.32 Å². The van der Waals surface area contributed by atoms with Gasteiger partial charge in [-0.05, 0) is 62.2 Å². The molecule has 2 aromatic rings. The van der Waals surface area contributed by atoms with Gasteiger partial charge in [0.1, 0.15) is 5.82 Å². The van der Waals surface area contributed by atoms with Gasteiger partial charge in [0.05, 0.1) is 5.69 Å². The van der Waals surface area contributed by atoms with Gasteiger partial charge in [-0.15, -0.1) is 0 Å². The summed E-state index contributed by atoms with van der Waals surface area (Å²) < 4.78 is 14.5. The Morgan fingerprint density at radius 2 is 1.86 bits per heavy atom. The number of benzene rings is 1. The quantitative estimate of drug-likeness (QED) is 0.940. The predicted molar refractivity (Wildman–Crippen MR) is 79.5 cm³/mol. The van der Waals surface area contributed by atoms with E-state index in [9.17, 15) is 9.18 Å². The Bertz CT molecular complexity index is 660. The van der Waals surface area contributed by atoms with Gasteiger partial charge >= 0.3 is 0 Å². The molecule has 110 valence electrons. The van der Waals surface area contributed by atoms with E-state index in [2.05, 4.69) is 10.4 Å². The van der Waals surface area contributed by atoms with E-state index in [-0.39, 0.29) is 11.4 Å². The summed E-state index contributed by atoms with van der Waals surface area (Å²) in [7, 11) is 0. The van der Waals surface area contributed by atoms with E-state index >= 15 is 0 Å². The Balaban J connectivity index is 1.85. The molecule has 4 nitrogen and oxygen atoms in total. The highest BCUT2D eigenvalue weighted by molar-refractivity contribution is 5.57. The molecule has 1 aromatic heterocycles. The Labute approximate surface area is 122 Å². The molecule has 5 heteroatoms. The molecule has 0 amide bonds. The number of hydrogen-bond donors (Lipinski definition) is 1. The lowest BCUT2D eigenvalue weighted by atomic mass is 9.98. The van der Waals surface area contributed by atoms with Crippen LogP contribution in [0.3, 0.4) is 0 Å². The number of rotatable bonds is 3. The molecule has 1 saturated heterocycles. The summed E-state index contributed by atoms with van der Waals surface area (Å²) in [6, 6.07) is 9.38. The van der Waals surface area contributed by atoms with Crippen molar-refractivity contribution in [3.63, 3.8) is 0 Å². The number of nitrogens with zero attached hydrogens (tertiary/aromatic N) is 2. The number of hydrogen-bond acceptors (Lipinski definition) is 3. The van der Waals surface area contributed by atoms with Crippen molar-refractivity contribution in [3.8, 4) is 11.3 Å². The van der Waals surface area contributed by atoms with Crippen molar-refractivity contribution >= 4 is 0 Å². The molecule has 1 N–H and O–H groups in total. The first-order chi connectivity index (χ1) is 10.2. The number of aromatic nitrogens is 2. The van der Waals surface area contributed by atoms with Gasteiger partial charge in [0.2, 0.25) is 0 Å². The zero-order chi connectivity index (χ0) is 14.7. The molecule has 0 aliphatic carbocycles. The van der Waals surface area contributed by atoms with Gasteiger partial charge in [0.25, 0.3) is 5.56 Å². The van der Waals surface area contributed by atoms with Crippen molar-refractivity contribution in [3.05, 3.63) is 52.6 Å². The average molecular weight is 287 g/mol. The van der Waals surface area contributed by atoms with Crippen LogP contribution in [-0.2, 0) is 6.54 Å². The molecule has 1 aromatic carbocycles. The SMILES string of the molecule is O=c1ccc(-c2ccc(F)cc2)nn1CC1CCNCC1. The molecular formula is C16H18FN3O. The van der Waals surface area contributed by atoms with Crippen molar-refractivity contribution in [2.75, 3.05) is 13.1 Å². The Morgan fingerprint density at radius 3 is 2.57 bits per heavy atom. The molecule has 1 aliphatic heterocycles. The maximum atomic E-state index is 13.0. The van der Waals surface area contributed by atoms with Crippen LogP contribution >= 0.6 is 0 Å². The lowest BCUT2D eigenvalue weighted by molar-refractivity contribution is 0.315. The first-order valence-corrected chi connectivity index (χ1v) is 7.27. The zero-order valence-corrected chi connectivity index (χ0v) is 11.8. The summed E-state index contributed by atoms with van der Waals surface area (Å²) in [5.74, 6) is 0.210. The van der Waals surface area contributed by atoms with E-state index in [0.29, 0.717) is 18.2 Å². The molecule has 0 atom stereocenters. The highest BCUT2D eigenvalue weighted by Crippen LogP contribution is 2.17. The maximum absolute atomic E-state index is 13.0. The molecule has 0 unspecified atom stereocenters. The predicted octanol–water partition coefficient (Wildman–Crippen LogP) is 2.05. The van der Waals surface area contributed by atoms with Crippen molar-refractivity contribution in [1.29, 1.82) is 0 Å². The van der Waals surface area contributed by atoms with Gasteiger partial charge in [-0.1, -0.05) is 0 Å². The van der Waals surface area contributed by atoms with Crippen LogP contribution in [0.4, 0.5) is 4.39 Å². The molecule has 3 rings (SSSR count). The summed E-state index contributed by atoms with van der Waals surface area (Å²) >= 11 is 0. The molecule has 1 aliphatic rings. The second kappa shape index (κ2) is 6.18. The van der Waals surface area contributed by atoms with E-state index in [1.54, 1.807) is 18.2 Å². The number of halogens is 1. The van der Waals surface area contributed by atoms with Gasteiger partial charge in [0.15, 0.2) is 0 Å². The molecule has 2 heterocycles. The van der Waals surface area contributed by atoms with Crippen LogP contribution < -0.4 is 10.9 Å². The number of piperidine rings is 1. The van der Waals surface area contributed by atoms with Crippen molar-refractivity contribution in [2.24, 2.45) is 5.92 Å². The lowest BCUT2D eigenvalue weighted by Crippen LogP contribution is -2.33. The Morgan fingerprint density at radius 1 is 1.14 bits per heavy atom. The van der Waals surface area contributed by atoms with Gasteiger partial charge in [-0.2, -0.15) is 5.10 Å². The van der Waals surface area contributed by atoms with Crippen LogP contribution in [-0.4, -0.2) is 22.9 Å². The topological polar surface area (TPSA) is 46.9 Å². The second-order valence-electron chi connectivity index (χ2n) is 5.44. The van der Waals surface area contributed by atoms with E-state index in [1.807, 2.05) is 0 Å². The Kier molecular flexibility index (Phi) is 4.10. The van der Waals surface area contributed by atoms with Gasteiger partial charge in [0, 0.05) is 18.2 Å². The van der Waals surface area contributed by atoms with Crippen molar-refractivity contribution in [1.82, 2.24) is 15.1 Å². The third kappa shape index (κ3) is 3.36. The summed E-state index contributed by atoms with van der Waals surface area (Å²) in [4.78, 5) is 12.0. The smallest absolute Gasteiger partial charge is 0.266 e. The van der Waals surface area contributed by atoms with E-state index < -0.39 is 0 Å². The first-order valence-electron chi connectivity index (χ1n) is 7.27. The highest BCUT2D eigenvalue weighted by Gasteiger charge is 2.15. The summed E-state index contributed by atoms with van der Waals surface area (Å²) in [5, 5.41) is 7.74. The minimum atomic E-state index is -0.276. The summed E-state index contributed by atoms with van der Waals surface area (Å²) in [6.45, 7) is 2.64. The van der Waals surface area contributed by atoms with Crippen LogP contribution in [0.2, 0.25) is 0 Å². The maximum Gasteiger partial charge on any atom is 0.266 e. The molecule has 21 heavy (non-hydrogen) atoms. The second-order valence-corrected chi connectivity index (χ2v) is 5.44. The minimum absolute atomic E-state index is 0.0839. The van der Waals surface area contributed by atoms with Crippen LogP contribution in [0.25, 0.3) is 11.3 Å². The lowest BCUT2D eigenvalue weighted by Gasteiger charge is -2.22. The summed E-state index contributed by atoms with van der Waals surface area (Å²) in [6.07, 6.45) is 2.13. The normalized spacial score (nSPS) is 16.0. The summed E-state index contributed by atoms with van der Waals surface area (Å²) in [5.41, 5.74) is 1.43. The molecular weight excluding hydrogens is 269 g/mol. The molecule has 0 bridgehead atoms. The van der Waals surface area contributed by atoms with Crippen LogP contribution in [0, 0.1) is 11.7 Å². The van der Waals surface area contributed by atoms with Crippen molar-refractivity contribution in [2.45, 2.75) is 19.4 Å². The fraction of sp³-hybridized carbons (Fsp3) is 0.375. The van der Waals surface area contributed by atoms with Gasteiger partial charge in [-0.25, -0.2) is 9.07 Å². The zero-order valence-electron chi connectivity index (χ0n) is 11.8. The first kappa shape index (κ1) is 13.9.